The maximum Gasteiger partial charge on any atom is 0.330 e. The molecule has 0 amide bonds. The van der Waals surface area contributed by atoms with E-state index in [1.807, 2.05) is 0 Å². The Kier molecular flexibility index (Phi) is 9.52. The lowest BCUT2D eigenvalue weighted by Crippen LogP contribution is -2.25. The summed E-state index contributed by atoms with van der Waals surface area (Å²) in [4.78, 5) is 45.8. The van der Waals surface area contributed by atoms with Gasteiger partial charge in [-0.2, -0.15) is 0 Å². The highest BCUT2D eigenvalue weighted by Gasteiger charge is 2.15. The number of carbonyl (C=O) groups is 3. The Morgan fingerprint density at radius 2 is 1.88 bits per heavy atom. The lowest BCUT2D eigenvalue weighted by Gasteiger charge is -2.07. The van der Waals surface area contributed by atoms with Crippen molar-refractivity contribution in [2.75, 3.05) is 20.3 Å². The van der Waals surface area contributed by atoms with Crippen LogP contribution in [0.1, 0.15) is 27.9 Å². The summed E-state index contributed by atoms with van der Waals surface area (Å²) in [6.07, 6.45) is 2.59. The second-order valence-electron chi connectivity index (χ2n) is 6.51. The summed E-state index contributed by atoms with van der Waals surface area (Å²) in [5.74, 6) is -1.35. The van der Waals surface area contributed by atoms with E-state index in [0.29, 0.717) is 21.7 Å². The van der Waals surface area contributed by atoms with E-state index in [1.54, 1.807) is 30.3 Å². The maximum absolute atomic E-state index is 12.0. The maximum atomic E-state index is 12.0. The van der Waals surface area contributed by atoms with Gasteiger partial charge in [0.25, 0.3) is 5.69 Å². The molecule has 0 aliphatic carbocycles. The average molecular weight is 461 g/mol. The zero-order valence-electron chi connectivity index (χ0n) is 17.2. The highest BCUT2D eigenvalue weighted by Crippen LogP contribution is 2.21. The molecule has 0 fully saturated rings. The minimum Gasteiger partial charge on any atom is -0.466 e. The summed E-state index contributed by atoms with van der Waals surface area (Å²) in [6.45, 7) is -0.213. The molecule has 10 heteroatoms. The fourth-order valence-electron chi connectivity index (χ4n) is 2.62. The van der Waals surface area contributed by atoms with E-state index in [1.165, 1.54) is 25.3 Å². The van der Waals surface area contributed by atoms with Gasteiger partial charge in [0.1, 0.15) is 0 Å². The van der Waals surface area contributed by atoms with Crippen LogP contribution in [0.5, 0.6) is 0 Å². The van der Waals surface area contributed by atoms with Crippen molar-refractivity contribution in [3.8, 4) is 0 Å². The number of hydrogen-bond acceptors (Lipinski definition) is 8. The molecule has 0 atom stereocenters. The number of nitro groups is 1. The van der Waals surface area contributed by atoms with E-state index in [0.717, 1.165) is 6.08 Å². The number of halogens is 1. The van der Waals surface area contributed by atoms with Crippen LogP contribution in [0.3, 0.4) is 0 Å². The second-order valence-corrected chi connectivity index (χ2v) is 6.94. The smallest absolute Gasteiger partial charge is 0.330 e. The Morgan fingerprint density at radius 3 is 2.53 bits per heavy atom. The van der Waals surface area contributed by atoms with Crippen LogP contribution >= 0.6 is 11.6 Å². The SMILES string of the molecule is COC(=O)C=Cc1ccc(CNCC(=O)OCCC(=O)c2ccc(Cl)cc2)c([N+](=O)[O-])c1. The van der Waals surface area contributed by atoms with Crippen LogP contribution in [-0.4, -0.2) is 42.9 Å². The molecule has 1 N–H and O–H groups in total. The molecule has 0 spiro atoms. The Balaban J connectivity index is 1.81. The number of benzene rings is 2. The summed E-state index contributed by atoms with van der Waals surface area (Å²) in [5.41, 5.74) is 1.12. The molecular formula is C22H21ClN2O7. The van der Waals surface area contributed by atoms with Crippen LogP contribution in [0.15, 0.2) is 48.5 Å². The average Bonchev–Trinajstić information content (AvgIpc) is 2.78. The van der Waals surface area contributed by atoms with Crippen LogP contribution < -0.4 is 5.32 Å². The monoisotopic (exact) mass is 460 g/mol. The third kappa shape index (κ3) is 7.93. The number of ether oxygens (including phenoxy) is 2. The molecule has 0 heterocycles. The van der Waals surface area contributed by atoms with Crippen molar-refractivity contribution < 1.29 is 28.8 Å². The van der Waals surface area contributed by atoms with Gasteiger partial charge in [-0.25, -0.2) is 4.79 Å². The minimum absolute atomic E-state index is 0.0272. The first-order valence-electron chi connectivity index (χ1n) is 9.48. The van der Waals surface area contributed by atoms with E-state index < -0.39 is 16.9 Å². The standard InChI is InChI=1S/C22H21ClN2O7/c1-31-21(27)9-3-15-2-4-17(19(12-15)25(29)30)13-24-14-22(28)32-11-10-20(26)16-5-7-18(23)8-6-16/h2-9,12,24H,10-11,13-14H2,1H3. The first-order chi connectivity index (χ1) is 15.3. The summed E-state index contributed by atoms with van der Waals surface area (Å²) >= 11 is 5.78. The lowest BCUT2D eigenvalue weighted by molar-refractivity contribution is -0.385. The number of ketones is 1. The molecule has 0 saturated heterocycles. The van der Waals surface area contributed by atoms with E-state index in [-0.39, 0.29) is 37.6 Å². The molecule has 0 radical (unpaired) electrons. The van der Waals surface area contributed by atoms with Gasteiger partial charge >= 0.3 is 11.9 Å². The highest BCUT2D eigenvalue weighted by atomic mass is 35.5. The van der Waals surface area contributed by atoms with Gasteiger partial charge in [0.15, 0.2) is 5.78 Å². The zero-order valence-corrected chi connectivity index (χ0v) is 18.0. The second kappa shape index (κ2) is 12.3. The summed E-state index contributed by atoms with van der Waals surface area (Å²) < 4.78 is 9.50. The van der Waals surface area contributed by atoms with E-state index in [2.05, 4.69) is 10.1 Å². The highest BCUT2D eigenvalue weighted by molar-refractivity contribution is 6.30. The Labute approximate surface area is 189 Å². The summed E-state index contributed by atoms with van der Waals surface area (Å²) in [5, 5.41) is 14.6. The van der Waals surface area contributed by atoms with Gasteiger partial charge in [-0.1, -0.05) is 23.7 Å². The fraction of sp³-hybridized carbons (Fsp3) is 0.227. The minimum atomic E-state index is -0.589. The quantitative estimate of drug-likeness (QED) is 0.178. The van der Waals surface area contributed by atoms with Gasteiger partial charge in [0.05, 0.1) is 25.2 Å². The number of Topliss-reactive ketones (excluding diaryl/α,β-unsaturated/α-hetero) is 1. The molecule has 0 saturated carbocycles. The van der Waals surface area contributed by atoms with E-state index in [9.17, 15) is 24.5 Å². The van der Waals surface area contributed by atoms with Gasteiger partial charge < -0.3 is 14.8 Å². The van der Waals surface area contributed by atoms with Crippen LogP contribution in [0, 0.1) is 10.1 Å². The molecule has 0 aromatic heterocycles. The van der Waals surface area contributed by atoms with Crippen LogP contribution in [0.4, 0.5) is 5.69 Å². The molecule has 9 nitrogen and oxygen atoms in total. The third-order valence-electron chi connectivity index (χ3n) is 4.26. The van der Waals surface area contributed by atoms with E-state index >= 15 is 0 Å². The number of nitrogens with zero attached hydrogens (tertiary/aromatic N) is 1. The number of esters is 2. The van der Waals surface area contributed by atoms with Crippen molar-refractivity contribution in [2.45, 2.75) is 13.0 Å². The van der Waals surface area contributed by atoms with Crippen molar-refractivity contribution in [3.05, 3.63) is 80.4 Å². The third-order valence-corrected chi connectivity index (χ3v) is 4.51. The number of nitrogens with one attached hydrogen (secondary N) is 1. The normalized spacial score (nSPS) is 10.7. The molecule has 0 unspecified atom stereocenters. The van der Waals surface area contributed by atoms with Crippen LogP contribution in [-0.2, 0) is 25.6 Å². The molecule has 2 aromatic rings. The summed E-state index contributed by atoms with van der Waals surface area (Å²) in [7, 11) is 1.23. The van der Waals surface area contributed by atoms with E-state index in [4.69, 9.17) is 16.3 Å². The predicted octanol–water partition coefficient (Wildman–Crippen LogP) is 3.34. The van der Waals surface area contributed by atoms with Crippen LogP contribution in [0.2, 0.25) is 5.02 Å². The van der Waals surface area contributed by atoms with Crippen molar-refractivity contribution in [1.29, 1.82) is 0 Å². The molecule has 0 aliphatic rings. The molecule has 2 aromatic carbocycles. The van der Waals surface area contributed by atoms with Crippen molar-refractivity contribution in [2.24, 2.45) is 0 Å². The lowest BCUT2D eigenvalue weighted by atomic mass is 10.1. The van der Waals surface area contributed by atoms with Gasteiger partial charge in [-0.05, 0) is 35.9 Å². The molecule has 0 aliphatic heterocycles. The first-order valence-corrected chi connectivity index (χ1v) is 9.86. The number of carbonyl (C=O) groups excluding carboxylic acids is 3. The Morgan fingerprint density at radius 1 is 1.16 bits per heavy atom. The van der Waals surface area contributed by atoms with Crippen molar-refractivity contribution in [3.63, 3.8) is 0 Å². The van der Waals surface area contributed by atoms with Gasteiger partial charge in [0.2, 0.25) is 0 Å². The van der Waals surface area contributed by atoms with Crippen molar-refractivity contribution in [1.82, 2.24) is 5.32 Å². The van der Waals surface area contributed by atoms with Crippen LogP contribution in [0.25, 0.3) is 6.08 Å². The fourth-order valence-corrected chi connectivity index (χ4v) is 2.75. The predicted molar refractivity (Wildman–Crippen MR) is 117 cm³/mol. The number of methoxy groups -OCH3 is 1. The molecular weight excluding hydrogens is 440 g/mol. The van der Waals surface area contributed by atoms with Gasteiger partial charge in [-0.15, -0.1) is 0 Å². The number of nitro benzene ring substituents is 1. The largest absolute Gasteiger partial charge is 0.466 e. The first kappa shape index (κ1) is 24.7. The number of rotatable bonds is 11. The Bertz CT molecular complexity index is 1020. The molecule has 0 bridgehead atoms. The van der Waals surface area contributed by atoms with Gasteiger partial charge in [0, 0.05) is 41.3 Å². The number of hydrogen-bond donors (Lipinski definition) is 1. The van der Waals surface area contributed by atoms with Gasteiger partial charge in [-0.3, -0.25) is 19.7 Å². The topological polar surface area (TPSA) is 125 Å². The summed E-state index contributed by atoms with van der Waals surface area (Å²) in [6, 6.07) is 10.8. The zero-order chi connectivity index (χ0) is 23.5. The molecule has 32 heavy (non-hydrogen) atoms. The molecule has 2 rings (SSSR count). The van der Waals surface area contributed by atoms with Crippen molar-refractivity contribution >= 4 is 41.1 Å². The molecule has 168 valence electrons. The Hall–Kier alpha value is -3.56.